The average Bonchev–Trinajstić information content (AvgIpc) is 1.99. The van der Waals surface area contributed by atoms with Crippen LogP contribution in [0.15, 0.2) is 0 Å². The monoisotopic (exact) mass is 169 g/mol. The first-order valence-electron chi connectivity index (χ1n) is 5.48. The van der Waals surface area contributed by atoms with Crippen molar-refractivity contribution in [2.75, 3.05) is 19.6 Å². The van der Waals surface area contributed by atoms with Crippen LogP contribution in [-0.4, -0.2) is 24.5 Å². The van der Waals surface area contributed by atoms with Crippen molar-refractivity contribution in [2.45, 2.75) is 46.5 Å². The minimum atomic E-state index is 0.722. The van der Waals surface area contributed by atoms with Crippen molar-refractivity contribution in [3.63, 3.8) is 0 Å². The summed E-state index contributed by atoms with van der Waals surface area (Å²) in [4.78, 5) is 2.56. The van der Waals surface area contributed by atoms with Crippen molar-refractivity contribution in [1.29, 1.82) is 0 Å². The molecule has 0 saturated carbocycles. The van der Waals surface area contributed by atoms with E-state index in [9.17, 15) is 0 Å². The Bertz CT molecular complexity index is 117. The van der Waals surface area contributed by atoms with Gasteiger partial charge in [0.1, 0.15) is 0 Å². The van der Waals surface area contributed by atoms with Crippen LogP contribution in [0.4, 0.5) is 0 Å². The maximum absolute atomic E-state index is 2.56. The molecule has 1 fully saturated rings. The van der Waals surface area contributed by atoms with Crippen LogP contribution in [0.2, 0.25) is 0 Å². The van der Waals surface area contributed by atoms with E-state index in [1.54, 1.807) is 0 Å². The van der Waals surface area contributed by atoms with Crippen LogP contribution in [0, 0.1) is 5.41 Å². The van der Waals surface area contributed by atoms with Crippen LogP contribution in [0.1, 0.15) is 46.5 Å². The summed E-state index contributed by atoms with van der Waals surface area (Å²) in [5.41, 5.74) is 0.722. The van der Waals surface area contributed by atoms with Crippen molar-refractivity contribution in [3.05, 3.63) is 0 Å². The molecule has 0 radical (unpaired) electrons. The molecule has 0 spiro atoms. The zero-order valence-electron chi connectivity index (χ0n) is 8.90. The van der Waals surface area contributed by atoms with E-state index in [1.807, 2.05) is 0 Å². The third-order valence-electron chi connectivity index (χ3n) is 3.13. The van der Waals surface area contributed by atoms with E-state index < -0.39 is 0 Å². The maximum atomic E-state index is 2.56. The Kier molecular flexibility index (Phi) is 3.57. The number of likely N-dealkylation sites (tertiary alicyclic amines) is 1. The van der Waals surface area contributed by atoms with Gasteiger partial charge in [-0.2, -0.15) is 0 Å². The van der Waals surface area contributed by atoms with Crippen LogP contribution in [0.5, 0.6) is 0 Å². The Balaban J connectivity index is 2.32. The zero-order chi connectivity index (χ0) is 9.03. The molecule has 0 aromatic rings. The van der Waals surface area contributed by atoms with Gasteiger partial charge in [0.25, 0.3) is 0 Å². The Morgan fingerprint density at radius 3 is 1.83 bits per heavy atom. The van der Waals surface area contributed by atoms with Gasteiger partial charge in [-0.3, -0.25) is 0 Å². The van der Waals surface area contributed by atoms with Crippen LogP contribution in [0.25, 0.3) is 0 Å². The topological polar surface area (TPSA) is 3.24 Å². The highest BCUT2D eigenvalue weighted by Crippen LogP contribution is 2.39. The molecule has 0 atom stereocenters. The van der Waals surface area contributed by atoms with E-state index in [0.29, 0.717) is 0 Å². The summed E-state index contributed by atoms with van der Waals surface area (Å²) in [6.07, 6.45) is 5.60. The minimum Gasteiger partial charge on any atom is -0.302 e. The SMILES string of the molecule is CCCC1(CCC)CN(CC)C1. The van der Waals surface area contributed by atoms with Gasteiger partial charge in [-0.05, 0) is 24.8 Å². The second-order valence-electron chi connectivity index (χ2n) is 4.30. The molecule has 1 aliphatic heterocycles. The molecule has 12 heavy (non-hydrogen) atoms. The van der Waals surface area contributed by atoms with Gasteiger partial charge in [-0.15, -0.1) is 0 Å². The second-order valence-corrected chi connectivity index (χ2v) is 4.30. The fourth-order valence-electron chi connectivity index (χ4n) is 2.63. The zero-order valence-corrected chi connectivity index (χ0v) is 8.90. The average molecular weight is 169 g/mol. The van der Waals surface area contributed by atoms with E-state index in [2.05, 4.69) is 25.7 Å². The van der Waals surface area contributed by atoms with Crippen molar-refractivity contribution in [2.24, 2.45) is 5.41 Å². The highest BCUT2D eigenvalue weighted by Gasteiger charge is 2.39. The van der Waals surface area contributed by atoms with Gasteiger partial charge < -0.3 is 4.90 Å². The molecule has 1 heterocycles. The summed E-state index contributed by atoms with van der Waals surface area (Å²) in [6.45, 7) is 10.9. The quantitative estimate of drug-likeness (QED) is 0.611. The van der Waals surface area contributed by atoms with E-state index in [0.717, 1.165) is 5.41 Å². The molecule has 1 aliphatic rings. The summed E-state index contributed by atoms with van der Waals surface area (Å²) >= 11 is 0. The van der Waals surface area contributed by atoms with Crippen molar-refractivity contribution in [1.82, 2.24) is 4.90 Å². The smallest absolute Gasteiger partial charge is 0.00504 e. The first-order valence-corrected chi connectivity index (χ1v) is 5.48. The maximum Gasteiger partial charge on any atom is 0.00504 e. The first kappa shape index (κ1) is 10.0. The molecule has 0 aromatic carbocycles. The largest absolute Gasteiger partial charge is 0.302 e. The minimum absolute atomic E-state index is 0.722. The molecule has 1 nitrogen and oxygen atoms in total. The molecular weight excluding hydrogens is 146 g/mol. The predicted molar refractivity (Wildman–Crippen MR) is 54.4 cm³/mol. The van der Waals surface area contributed by atoms with Gasteiger partial charge in [-0.1, -0.05) is 33.6 Å². The standard InChI is InChI=1S/C11H23N/c1-4-7-11(8-5-2)9-12(6-3)10-11/h4-10H2,1-3H3. The van der Waals surface area contributed by atoms with Gasteiger partial charge in [0.2, 0.25) is 0 Å². The summed E-state index contributed by atoms with van der Waals surface area (Å²) in [6, 6.07) is 0. The lowest BCUT2D eigenvalue weighted by atomic mass is 9.73. The van der Waals surface area contributed by atoms with E-state index in [-0.39, 0.29) is 0 Å². The fourth-order valence-corrected chi connectivity index (χ4v) is 2.63. The normalized spacial score (nSPS) is 22.2. The van der Waals surface area contributed by atoms with E-state index >= 15 is 0 Å². The van der Waals surface area contributed by atoms with Crippen LogP contribution in [-0.2, 0) is 0 Å². The molecule has 0 bridgehead atoms. The van der Waals surface area contributed by atoms with E-state index in [1.165, 1.54) is 45.3 Å². The van der Waals surface area contributed by atoms with Gasteiger partial charge in [0.05, 0.1) is 0 Å². The Morgan fingerprint density at radius 1 is 1.00 bits per heavy atom. The Hall–Kier alpha value is -0.0400. The molecular formula is C11H23N. The van der Waals surface area contributed by atoms with Crippen molar-refractivity contribution in [3.8, 4) is 0 Å². The number of rotatable bonds is 5. The Labute approximate surface area is 77.1 Å². The molecule has 1 rings (SSSR count). The third kappa shape index (κ3) is 2.01. The lowest BCUT2D eigenvalue weighted by molar-refractivity contribution is -0.0104. The van der Waals surface area contributed by atoms with Crippen LogP contribution in [0.3, 0.4) is 0 Å². The lowest BCUT2D eigenvalue weighted by Gasteiger charge is -2.50. The van der Waals surface area contributed by atoms with Gasteiger partial charge in [0.15, 0.2) is 0 Å². The third-order valence-corrected chi connectivity index (χ3v) is 3.13. The van der Waals surface area contributed by atoms with Gasteiger partial charge in [0, 0.05) is 13.1 Å². The molecule has 72 valence electrons. The number of hydrogen-bond donors (Lipinski definition) is 0. The molecule has 0 N–H and O–H groups in total. The summed E-state index contributed by atoms with van der Waals surface area (Å²) < 4.78 is 0. The summed E-state index contributed by atoms with van der Waals surface area (Å²) in [5, 5.41) is 0. The molecule has 0 aliphatic carbocycles. The molecule has 0 unspecified atom stereocenters. The van der Waals surface area contributed by atoms with Crippen LogP contribution < -0.4 is 0 Å². The molecule has 0 aromatic heterocycles. The molecule has 1 heteroatoms. The lowest BCUT2D eigenvalue weighted by Crippen LogP contribution is -2.55. The highest BCUT2D eigenvalue weighted by atomic mass is 15.2. The fraction of sp³-hybridized carbons (Fsp3) is 1.00. The van der Waals surface area contributed by atoms with Crippen molar-refractivity contribution >= 4 is 0 Å². The summed E-state index contributed by atoms with van der Waals surface area (Å²) in [7, 11) is 0. The van der Waals surface area contributed by atoms with Gasteiger partial charge >= 0.3 is 0 Å². The highest BCUT2D eigenvalue weighted by molar-refractivity contribution is 4.93. The number of nitrogens with zero attached hydrogens (tertiary/aromatic N) is 1. The predicted octanol–water partition coefficient (Wildman–Crippen LogP) is 2.91. The van der Waals surface area contributed by atoms with Crippen molar-refractivity contribution < 1.29 is 0 Å². The summed E-state index contributed by atoms with van der Waals surface area (Å²) in [5.74, 6) is 0. The van der Waals surface area contributed by atoms with E-state index in [4.69, 9.17) is 0 Å². The van der Waals surface area contributed by atoms with Crippen LogP contribution >= 0.6 is 0 Å². The Morgan fingerprint density at radius 2 is 1.50 bits per heavy atom. The second kappa shape index (κ2) is 4.27. The first-order chi connectivity index (χ1) is 5.76. The molecule has 1 saturated heterocycles. The van der Waals surface area contributed by atoms with Gasteiger partial charge in [-0.25, -0.2) is 0 Å². The number of hydrogen-bond acceptors (Lipinski definition) is 1. The molecule has 0 amide bonds.